The third-order valence-electron chi connectivity index (χ3n) is 3.27. The van der Waals surface area contributed by atoms with Gasteiger partial charge in [-0.2, -0.15) is 0 Å². The fourth-order valence-electron chi connectivity index (χ4n) is 2.28. The van der Waals surface area contributed by atoms with Crippen LogP contribution in [-0.2, 0) is 9.47 Å². The molecule has 0 aromatic heterocycles. The number of ether oxygens (including phenoxy) is 2. The summed E-state index contributed by atoms with van der Waals surface area (Å²) in [6, 6.07) is 7.11. The molecule has 1 fully saturated rings. The van der Waals surface area contributed by atoms with Gasteiger partial charge in [0.1, 0.15) is 6.10 Å². The average Bonchev–Trinajstić information content (AvgIpc) is 2.39. The lowest BCUT2D eigenvalue weighted by Crippen LogP contribution is -2.29. The average molecular weight is 266 g/mol. The van der Waals surface area contributed by atoms with Gasteiger partial charge in [-0.15, -0.1) is 12.6 Å². The van der Waals surface area contributed by atoms with E-state index in [1.54, 1.807) is 25.3 Å². The van der Waals surface area contributed by atoms with E-state index in [0.717, 1.165) is 30.6 Å². The normalized spacial score (nSPS) is 23.7. The molecule has 98 valence electrons. The molecule has 0 bridgehead atoms. The monoisotopic (exact) mass is 266 g/mol. The van der Waals surface area contributed by atoms with Crippen LogP contribution in [0.5, 0.6) is 0 Å². The first-order valence-corrected chi connectivity index (χ1v) is 6.66. The summed E-state index contributed by atoms with van der Waals surface area (Å²) in [4.78, 5) is 12.7. The molecule has 0 heterocycles. The van der Waals surface area contributed by atoms with Gasteiger partial charge in [0.2, 0.25) is 0 Å². The maximum atomic E-state index is 12.0. The molecule has 18 heavy (non-hydrogen) atoms. The van der Waals surface area contributed by atoms with Crippen LogP contribution in [0.25, 0.3) is 0 Å². The van der Waals surface area contributed by atoms with E-state index in [1.165, 1.54) is 0 Å². The molecule has 0 saturated heterocycles. The van der Waals surface area contributed by atoms with Crippen LogP contribution in [0.3, 0.4) is 0 Å². The maximum absolute atomic E-state index is 12.0. The summed E-state index contributed by atoms with van der Waals surface area (Å²) in [5.74, 6) is -0.271. The number of thiol groups is 1. The number of carbonyl (C=O) groups excluding carboxylic acids is 1. The van der Waals surface area contributed by atoms with Crippen LogP contribution in [0.15, 0.2) is 29.2 Å². The minimum atomic E-state index is -0.271. The molecular weight excluding hydrogens is 248 g/mol. The van der Waals surface area contributed by atoms with Gasteiger partial charge in [0, 0.05) is 18.4 Å². The van der Waals surface area contributed by atoms with Crippen molar-refractivity contribution in [2.75, 3.05) is 7.11 Å². The second-order valence-corrected chi connectivity index (χ2v) is 5.12. The lowest BCUT2D eigenvalue weighted by molar-refractivity contribution is -0.0149. The summed E-state index contributed by atoms with van der Waals surface area (Å²) < 4.78 is 10.8. The Bertz CT molecular complexity index is 419. The van der Waals surface area contributed by atoms with Crippen molar-refractivity contribution in [1.29, 1.82) is 0 Å². The van der Waals surface area contributed by atoms with Crippen molar-refractivity contribution in [2.45, 2.75) is 42.8 Å². The first-order valence-electron chi connectivity index (χ1n) is 6.22. The van der Waals surface area contributed by atoms with Crippen molar-refractivity contribution < 1.29 is 14.3 Å². The van der Waals surface area contributed by atoms with Gasteiger partial charge in [0.05, 0.1) is 11.7 Å². The second-order valence-electron chi connectivity index (χ2n) is 4.60. The van der Waals surface area contributed by atoms with Gasteiger partial charge in [-0.25, -0.2) is 4.79 Å². The molecular formula is C14H18O3S. The molecule has 4 heteroatoms. The third-order valence-corrected chi connectivity index (χ3v) is 3.55. The molecule has 1 saturated carbocycles. The highest BCUT2D eigenvalue weighted by atomic mass is 32.1. The Hall–Kier alpha value is -1.00. The summed E-state index contributed by atoms with van der Waals surface area (Å²) in [5.41, 5.74) is 0.557. The van der Waals surface area contributed by atoms with E-state index in [4.69, 9.17) is 9.47 Å². The Morgan fingerprint density at radius 3 is 2.83 bits per heavy atom. The van der Waals surface area contributed by atoms with Gasteiger partial charge in [-0.3, -0.25) is 0 Å². The van der Waals surface area contributed by atoms with Crippen molar-refractivity contribution in [3.8, 4) is 0 Å². The smallest absolute Gasteiger partial charge is 0.338 e. The molecule has 2 rings (SSSR count). The van der Waals surface area contributed by atoms with Gasteiger partial charge in [-0.05, 0) is 37.5 Å². The second kappa shape index (κ2) is 6.25. The number of rotatable bonds is 3. The van der Waals surface area contributed by atoms with Gasteiger partial charge in [0.25, 0.3) is 0 Å². The number of carbonyl (C=O) groups is 1. The quantitative estimate of drug-likeness (QED) is 0.674. The molecule has 0 aliphatic heterocycles. The van der Waals surface area contributed by atoms with Crippen LogP contribution >= 0.6 is 12.6 Å². The number of benzene rings is 1. The summed E-state index contributed by atoms with van der Waals surface area (Å²) in [6.07, 6.45) is 4.00. The predicted octanol–water partition coefficient (Wildman–Crippen LogP) is 3.09. The van der Waals surface area contributed by atoms with Gasteiger partial charge in [-0.1, -0.05) is 6.07 Å². The minimum absolute atomic E-state index is 0.0280. The van der Waals surface area contributed by atoms with E-state index in [2.05, 4.69) is 12.6 Å². The van der Waals surface area contributed by atoms with Gasteiger partial charge >= 0.3 is 5.97 Å². The molecule has 3 nitrogen and oxygen atoms in total. The molecule has 0 spiro atoms. The zero-order valence-corrected chi connectivity index (χ0v) is 11.4. The Morgan fingerprint density at radius 2 is 2.11 bits per heavy atom. The summed E-state index contributed by atoms with van der Waals surface area (Å²) in [6.45, 7) is 0. The van der Waals surface area contributed by atoms with Crippen LogP contribution in [0.4, 0.5) is 0 Å². The lowest BCUT2D eigenvalue weighted by Gasteiger charge is -2.27. The fraction of sp³-hybridized carbons (Fsp3) is 0.500. The van der Waals surface area contributed by atoms with Crippen LogP contribution in [0, 0.1) is 0 Å². The minimum Gasteiger partial charge on any atom is -0.459 e. The van der Waals surface area contributed by atoms with Crippen LogP contribution < -0.4 is 0 Å². The van der Waals surface area contributed by atoms with Crippen molar-refractivity contribution >= 4 is 18.6 Å². The number of esters is 1. The van der Waals surface area contributed by atoms with E-state index in [-0.39, 0.29) is 18.2 Å². The fourth-order valence-corrected chi connectivity index (χ4v) is 2.50. The summed E-state index contributed by atoms with van der Waals surface area (Å²) in [7, 11) is 1.71. The summed E-state index contributed by atoms with van der Waals surface area (Å²) in [5, 5.41) is 0. The van der Waals surface area contributed by atoms with Crippen molar-refractivity contribution in [2.24, 2.45) is 0 Å². The van der Waals surface area contributed by atoms with Crippen molar-refractivity contribution in [1.82, 2.24) is 0 Å². The molecule has 2 atom stereocenters. The Kier molecular flexibility index (Phi) is 4.66. The summed E-state index contributed by atoms with van der Waals surface area (Å²) >= 11 is 4.22. The first-order chi connectivity index (χ1) is 8.69. The molecule has 0 radical (unpaired) electrons. The molecule has 0 N–H and O–H groups in total. The highest BCUT2D eigenvalue weighted by Crippen LogP contribution is 2.24. The third kappa shape index (κ3) is 3.50. The zero-order chi connectivity index (χ0) is 13.0. The highest BCUT2D eigenvalue weighted by Gasteiger charge is 2.25. The van der Waals surface area contributed by atoms with Crippen LogP contribution in [0.2, 0.25) is 0 Å². The highest BCUT2D eigenvalue weighted by molar-refractivity contribution is 7.80. The maximum Gasteiger partial charge on any atom is 0.338 e. The number of hydrogen-bond acceptors (Lipinski definition) is 4. The molecule has 2 unspecified atom stereocenters. The SMILES string of the molecule is COC1CCCC(OC(=O)c2cccc(S)c2)C1. The van der Waals surface area contributed by atoms with Crippen LogP contribution in [0.1, 0.15) is 36.0 Å². The molecule has 1 aromatic rings. The standard InChI is InChI=1S/C14H18O3S/c1-16-11-5-3-6-12(9-11)17-14(15)10-4-2-7-13(18)8-10/h2,4,7-8,11-12,18H,3,5-6,9H2,1H3. The van der Waals surface area contributed by atoms with Crippen LogP contribution in [-0.4, -0.2) is 25.3 Å². The van der Waals surface area contributed by atoms with Crippen molar-refractivity contribution in [3.63, 3.8) is 0 Å². The van der Waals surface area contributed by atoms with E-state index < -0.39 is 0 Å². The topological polar surface area (TPSA) is 35.5 Å². The molecule has 1 aliphatic carbocycles. The largest absolute Gasteiger partial charge is 0.459 e. The van der Waals surface area contributed by atoms with E-state index >= 15 is 0 Å². The number of hydrogen-bond donors (Lipinski definition) is 1. The molecule has 0 amide bonds. The van der Waals surface area contributed by atoms with E-state index in [9.17, 15) is 4.79 Å². The predicted molar refractivity (Wildman–Crippen MR) is 72.2 cm³/mol. The van der Waals surface area contributed by atoms with E-state index in [1.807, 2.05) is 6.07 Å². The Balaban J connectivity index is 1.95. The Labute approximate surface area is 113 Å². The first kappa shape index (κ1) is 13.4. The molecule has 1 aromatic carbocycles. The Morgan fingerprint density at radius 1 is 1.33 bits per heavy atom. The van der Waals surface area contributed by atoms with E-state index in [0.29, 0.717) is 5.56 Å². The number of methoxy groups -OCH3 is 1. The van der Waals surface area contributed by atoms with Gasteiger partial charge in [0.15, 0.2) is 0 Å². The molecule has 1 aliphatic rings. The van der Waals surface area contributed by atoms with Crippen molar-refractivity contribution in [3.05, 3.63) is 29.8 Å². The lowest BCUT2D eigenvalue weighted by atomic mass is 9.95. The zero-order valence-electron chi connectivity index (χ0n) is 10.5. The van der Waals surface area contributed by atoms with Gasteiger partial charge < -0.3 is 9.47 Å².